The molecule has 0 fully saturated rings. The number of carbonyl (C=O) groups is 1. The maximum atomic E-state index is 11.5. The van der Waals surface area contributed by atoms with Gasteiger partial charge in [-0.3, -0.25) is 0 Å². The molecule has 3 nitrogen and oxygen atoms in total. The van der Waals surface area contributed by atoms with E-state index in [-0.39, 0.29) is 5.56 Å². The molecule has 1 N–H and O–H groups in total. The molecule has 0 aliphatic rings. The minimum Gasteiger partial charge on any atom is -0.478 e. The lowest BCUT2D eigenvalue weighted by Gasteiger charge is -2.03. The van der Waals surface area contributed by atoms with Gasteiger partial charge in [0.1, 0.15) is 0 Å². The monoisotopic (exact) mass is 305 g/mol. The Bertz CT molecular complexity index is 824. The predicted octanol–water partition coefficient (Wildman–Crippen LogP) is 4.61. The molecule has 3 rings (SSSR count). The van der Waals surface area contributed by atoms with Crippen LogP contribution in [0.5, 0.6) is 0 Å². The van der Waals surface area contributed by atoms with E-state index < -0.39 is 5.97 Å². The summed E-state index contributed by atoms with van der Waals surface area (Å²) >= 11 is 11.9. The Morgan fingerprint density at radius 2 is 1.90 bits per heavy atom. The van der Waals surface area contributed by atoms with Crippen LogP contribution in [-0.4, -0.2) is 15.5 Å². The molecule has 2 heterocycles. The van der Waals surface area contributed by atoms with Crippen LogP contribution in [-0.2, 0) is 0 Å². The van der Waals surface area contributed by atoms with Crippen molar-refractivity contribution in [3.05, 3.63) is 64.4 Å². The van der Waals surface area contributed by atoms with Crippen molar-refractivity contribution < 1.29 is 9.90 Å². The molecule has 0 saturated heterocycles. The zero-order valence-corrected chi connectivity index (χ0v) is 11.7. The zero-order chi connectivity index (χ0) is 14.3. The maximum Gasteiger partial charge on any atom is 0.338 e. The molecule has 0 saturated carbocycles. The molecule has 0 spiro atoms. The van der Waals surface area contributed by atoms with Crippen molar-refractivity contribution in [2.45, 2.75) is 0 Å². The number of hydrogen-bond acceptors (Lipinski definition) is 1. The first-order valence-electron chi connectivity index (χ1n) is 5.86. The highest BCUT2D eigenvalue weighted by molar-refractivity contribution is 6.42. The number of carboxylic acid groups (broad SMARTS) is 1. The van der Waals surface area contributed by atoms with Gasteiger partial charge in [0, 0.05) is 18.0 Å². The van der Waals surface area contributed by atoms with E-state index >= 15 is 0 Å². The predicted molar refractivity (Wildman–Crippen MR) is 79.8 cm³/mol. The van der Waals surface area contributed by atoms with E-state index in [1.54, 1.807) is 40.9 Å². The van der Waals surface area contributed by atoms with Crippen LogP contribution in [0.4, 0.5) is 0 Å². The van der Waals surface area contributed by atoms with Gasteiger partial charge in [0.25, 0.3) is 0 Å². The molecule has 1 aromatic carbocycles. The molecule has 0 amide bonds. The number of rotatable bonds is 2. The summed E-state index contributed by atoms with van der Waals surface area (Å²) in [7, 11) is 0. The lowest BCUT2D eigenvalue weighted by molar-refractivity contribution is 0.0700. The number of benzene rings is 1. The topological polar surface area (TPSA) is 41.7 Å². The van der Waals surface area contributed by atoms with Gasteiger partial charge in [0.15, 0.2) is 0 Å². The van der Waals surface area contributed by atoms with Crippen LogP contribution in [0.25, 0.3) is 16.6 Å². The maximum absolute atomic E-state index is 11.5. The summed E-state index contributed by atoms with van der Waals surface area (Å²) in [5.41, 5.74) is 2.23. The molecule has 5 heteroatoms. The van der Waals surface area contributed by atoms with Crippen molar-refractivity contribution in [3.63, 3.8) is 0 Å². The highest BCUT2D eigenvalue weighted by Gasteiger charge is 2.18. The van der Waals surface area contributed by atoms with Crippen LogP contribution in [0, 0.1) is 0 Å². The second-order valence-corrected chi connectivity index (χ2v) is 5.16. The van der Waals surface area contributed by atoms with Crippen LogP contribution in [0.2, 0.25) is 10.0 Å². The molecule has 0 atom stereocenters. The minimum atomic E-state index is -0.972. The van der Waals surface area contributed by atoms with Crippen LogP contribution < -0.4 is 0 Å². The Morgan fingerprint density at radius 1 is 1.10 bits per heavy atom. The van der Waals surface area contributed by atoms with Gasteiger partial charge in [-0.2, -0.15) is 0 Å². The smallest absolute Gasteiger partial charge is 0.338 e. The molecule has 0 bridgehead atoms. The lowest BCUT2D eigenvalue weighted by atomic mass is 10.0. The number of hydrogen-bond donors (Lipinski definition) is 1. The SMILES string of the molecule is O=C(O)c1c(-c2ccc(Cl)c(Cl)c2)cn2ccccc12. The van der Waals surface area contributed by atoms with Gasteiger partial charge in [-0.1, -0.05) is 35.3 Å². The third kappa shape index (κ3) is 2.05. The second kappa shape index (κ2) is 4.85. The highest BCUT2D eigenvalue weighted by atomic mass is 35.5. The molecule has 2 aromatic heterocycles. The van der Waals surface area contributed by atoms with Gasteiger partial charge in [-0.05, 0) is 29.8 Å². The van der Waals surface area contributed by atoms with E-state index in [9.17, 15) is 9.90 Å². The lowest BCUT2D eigenvalue weighted by Crippen LogP contribution is -1.97. The quantitative estimate of drug-likeness (QED) is 0.751. The molecular formula is C15H9Cl2NO2. The molecule has 100 valence electrons. The van der Waals surface area contributed by atoms with E-state index in [1.807, 2.05) is 12.3 Å². The summed E-state index contributed by atoms with van der Waals surface area (Å²) in [6.07, 6.45) is 3.58. The van der Waals surface area contributed by atoms with E-state index in [2.05, 4.69) is 0 Å². The van der Waals surface area contributed by atoms with Crippen molar-refractivity contribution in [2.24, 2.45) is 0 Å². The van der Waals surface area contributed by atoms with Gasteiger partial charge in [-0.15, -0.1) is 0 Å². The zero-order valence-electron chi connectivity index (χ0n) is 10.2. The first-order valence-corrected chi connectivity index (χ1v) is 6.62. The fraction of sp³-hybridized carbons (Fsp3) is 0. The van der Waals surface area contributed by atoms with Gasteiger partial charge in [-0.25, -0.2) is 4.79 Å². The molecule has 0 radical (unpaired) electrons. The Morgan fingerprint density at radius 3 is 2.60 bits per heavy atom. The average Bonchev–Trinajstić information content (AvgIpc) is 2.81. The molecule has 0 unspecified atom stereocenters. The molecule has 0 aliphatic carbocycles. The summed E-state index contributed by atoms with van der Waals surface area (Å²) < 4.78 is 1.78. The van der Waals surface area contributed by atoms with Gasteiger partial charge in [0.2, 0.25) is 0 Å². The largest absolute Gasteiger partial charge is 0.478 e. The van der Waals surface area contributed by atoms with Crippen molar-refractivity contribution in [1.82, 2.24) is 4.40 Å². The summed E-state index contributed by atoms with van der Waals surface area (Å²) in [6.45, 7) is 0. The summed E-state index contributed by atoms with van der Waals surface area (Å²) in [5, 5.41) is 10.3. The number of halogens is 2. The number of pyridine rings is 1. The van der Waals surface area contributed by atoms with E-state index in [0.717, 1.165) is 5.56 Å². The highest BCUT2D eigenvalue weighted by Crippen LogP contribution is 2.33. The first-order chi connectivity index (χ1) is 9.58. The molecular weight excluding hydrogens is 297 g/mol. The van der Waals surface area contributed by atoms with Crippen LogP contribution in [0.15, 0.2) is 48.8 Å². The van der Waals surface area contributed by atoms with Crippen LogP contribution >= 0.6 is 23.2 Å². The van der Waals surface area contributed by atoms with E-state index in [0.29, 0.717) is 21.1 Å². The number of fused-ring (bicyclic) bond motifs is 1. The van der Waals surface area contributed by atoms with Gasteiger partial charge < -0.3 is 9.51 Å². The molecule has 0 aliphatic heterocycles. The Labute approximate surface area is 125 Å². The molecule has 3 aromatic rings. The normalized spacial score (nSPS) is 10.9. The second-order valence-electron chi connectivity index (χ2n) is 4.34. The van der Waals surface area contributed by atoms with Gasteiger partial charge >= 0.3 is 5.97 Å². The van der Waals surface area contributed by atoms with Crippen molar-refractivity contribution in [1.29, 1.82) is 0 Å². The van der Waals surface area contributed by atoms with Crippen molar-refractivity contribution in [2.75, 3.05) is 0 Å². The summed E-state index contributed by atoms with van der Waals surface area (Å²) in [6, 6.07) is 10.5. The molecule has 20 heavy (non-hydrogen) atoms. The van der Waals surface area contributed by atoms with Gasteiger partial charge in [0.05, 0.1) is 21.1 Å². The fourth-order valence-electron chi connectivity index (χ4n) is 2.23. The van der Waals surface area contributed by atoms with E-state index in [1.165, 1.54) is 0 Å². The third-order valence-electron chi connectivity index (χ3n) is 3.13. The summed E-state index contributed by atoms with van der Waals surface area (Å²) in [4.78, 5) is 11.5. The Kier molecular flexibility index (Phi) is 3.16. The number of nitrogens with zero attached hydrogens (tertiary/aromatic N) is 1. The summed E-state index contributed by atoms with van der Waals surface area (Å²) in [5.74, 6) is -0.972. The standard InChI is InChI=1S/C15H9Cl2NO2/c16-11-5-4-9(7-12(11)17)10-8-18-6-2-1-3-13(18)14(10)15(19)20/h1-8H,(H,19,20). The van der Waals surface area contributed by atoms with Crippen molar-refractivity contribution >= 4 is 34.7 Å². The Balaban J connectivity index is 2.32. The van der Waals surface area contributed by atoms with E-state index in [4.69, 9.17) is 23.2 Å². The fourth-order valence-corrected chi connectivity index (χ4v) is 2.53. The van der Waals surface area contributed by atoms with Crippen LogP contribution in [0.1, 0.15) is 10.4 Å². The first kappa shape index (κ1) is 13.0. The average molecular weight is 306 g/mol. The third-order valence-corrected chi connectivity index (χ3v) is 3.87. The van der Waals surface area contributed by atoms with Crippen molar-refractivity contribution in [3.8, 4) is 11.1 Å². The van der Waals surface area contributed by atoms with Crippen LogP contribution in [0.3, 0.4) is 0 Å². The Hall–Kier alpha value is -1.97. The minimum absolute atomic E-state index is 0.254. The number of aromatic nitrogens is 1. The number of carboxylic acids is 1. The number of aromatic carboxylic acids is 1.